The molecule has 0 radical (unpaired) electrons. The standard InChI is InChI=1S/C17H17BrN2O4S/c1-24-13-6-3-11(4-7-13)16(10-25(2,22)23)20-15-8-5-12(18)9-14(15)19-17(20)21/h3-9,16H,10H2,1-2H3,(H,19,21). The van der Waals surface area contributed by atoms with Crippen LogP contribution < -0.4 is 10.4 Å². The molecule has 0 bridgehead atoms. The van der Waals surface area contributed by atoms with Crippen molar-refractivity contribution in [2.75, 3.05) is 19.1 Å². The average Bonchev–Trinajstić information content (AvgIpc) is 2.86. The molecule has 0 amide bonds. The molecule has 132 valence electrons. The Balaban J connectivity index is 2.21. The number of aromatic amines is 1. The summed E-state index contributed by atoms with van der Waals surface area (Å²) in [7, 11) is -1.76. The van der Waals surface area contributed by atoms with Crippen LogP contribution in [0.5, 0.6) is 5.75 Å². The fourth-order valence-electron chi connectivity index (χ4n) is 2.85. The summed E-state index contributed by atoms with van der Waals surface area (Å²) in [5.74, 6) is 0.486. The van der Waals surface area contributed by atoms with Crippen molar-refractivity contribution >= 4 is 36.8 Å². The van der Waals surface area contributed by atoms with E-state index in [2.05, 4.69) is 20.9 Å². The number of imidazole rings is 1. The molecule has 0 spiro atoms. The van der Waals surface area contributed by atoms with E-state index >= 15 is 0 Å². The molecule has 1 heterocycles. The number of rotatable bonds is 5. The predicted molar refractivity (Wildman–Crippen MR) is 101 cm³/mol. The van der Waals surface area contributed by atoms with E-state index in [1.54, 1.807) is 43.5 Å². The van der Waals surface area contributed by atoms with Crippen molar-refractivity contribution in [1.29, 1.82) is 0 Å². The SMILES string of the molecule is COc1ccc(C(CS(C)(=O)=O)n2c(=O)[nH]c3cc(Br)ccc32)cc1. The molecule has 0 saturated carbocycles. The Morgan fingerprint density at radius 3 is 2.48 bits per heavy atom. The molecule has 3 aromatic rings. The van der Waals surface area contributed by atoms with Gasteiger partial charge in [0.2, 0.25) is 0 Å². The lowest BCUT2D eigenvalue weighted by Gasteiger charge is -2.19. The first-order chi connectivity index (χ1) is 11.8. The third kappa shape index (κ3) is 3.80. The monoisotopic (exact) mass is 424 g/mol. The Labute approximate surface area is 153 Å². The van der Waals surface area contributed by atoms with E-state index in [0.29, 0.717) is 16.8 Å². The van der Waals surface area contributed by atoms with Gasteiger partial charge in [0.1, 0.15) is 15.6 Å². The molecule has 1 aromatic heterocycles. The van der Waals surface area contributed by atoms with Crippen LogP contribution in [-0.2, 0) is 9.84 Å². The summed E-state index contributed by atoms with van der Waals surface area (Å²) >= 11 is 3.37. The first-order valence-corrected chi connectivity index (χ1v) is 10.4. The number of halogens is 1. The molecule has 1 N–H and O–H groups in total. The summed E-state index contributed by atoms with van der Waals surface area (Å²) in [4.78, 5) is 15.3. The second-order valence-electron chi connectivity index (χ2n) is 5.84. The second kappa shape index (κ2) is 6.68. The molecule has 1 unspecified atom stereocenters. The van der Waals surface area contributed by atoms with E-state index in [9.17, 15) is 13.2 Å². The number of hydrogen-bond acceptors (Lipinski definition) is 4. The van der Waals surface area contributed by atoms with E-state index in [1.165, 1.54) is 10.8 Å². The van der Waals surface area contributed by atoms with Crippen molar-refractivity contribution in [2.45, 2.75) is 6.04 Å². The molecule has 0 fully saturated rings. The zero-order chi connectivity index (χ0) is 18.2. The van der Waals surface area contributed by atoms with Crippen molar-refractivity contribution in [1.82, 2.24) is 9.55 Å². The van der Waals surface area contributed by atoms with Gasteiger partial charge in [-0.05, 0) is 35.9 Å². The zero-order valence-electron chi connectivity index (χ0n) is 13.7. The van der Waals surface area contributed by atoms with Gasteiger partial charge >= 0.3 is 5.69 Å². The number of nitrogens with zero attached hydrogens (tertiary/aromatic N) is 1. The lowest BCUT2D eigenvalue weighted by atomic mass is 10.1. The first kappa shape index (κ1) is 17.8. The maximum absolute atomic E-state index is 12.5. The smallest absolute Gasteiger partial charge is 0.327 e. The van der Waals surface area contributed by atoms with Crippen molar-refractivity contribution in [2.24, 2.45) is 0 Å². The topological polar surface area (TPSA) is 81.2 Å². The van der Waals surface area contributed by atoms with Gasteiger partial charge < -0.3 is 9.72 Å². The van der Waals surface area contributed by atoms with Crippen molar-refractivity contribution in [3.8, 4) is 5.75 Å². The van der Waals surface area contributed by atoms with Gasteiger partial charge in [0.05, 0.1) is 29.9 Å². The molecule has 6 nitrogen and oxygen atoms in total. The van der Waals surface area contributed by atoms with E-state index in [1.807, 2.05) is 6.07 Å². The normalized spacial score (nSPS) is 13.1. The summed E-state index contributed by atoms with van der Waals surface area (Å²) in [5, 5.41) is 0. The van der Waals surface area contributed by atoms with Crippen LogP contribution in [0.1, 0.15) is 11.6 Å². The maximum atomic E-state index is 12.5. The molecular formula is C17H17BrN2O4S. The van der Waals surface area contributed by atoms with Crippen LogP contribution in [0.25, 0.3) is 11.0 Å². The number of hydrogen-bond donors (Lipinski definition) is 1. The number of aromatic nitrogens is 2. The number of sulfone groups is 1. The fourth-order valence-corrected chi connectivity index (χ4v) is 4.12. The number of nitrogens with one attached hydrogen (secondary N) is 1. The van der Waals surface area contributed by atoms with Crippen LogP contribution in [0, 0.1) is 0 Å². The van der Waals surface area contributed by atoms with Crippen LogP contribution in [0.4, 0.5) is 0 Å². The van der Waals surface area contributed by atoms with Gasteiger partial charge in [-0.3, -0.25) is 4.57 Å². The van der Waals surface area contributed by atoms with Gasteiger partial charge in [-0.2, -0.15) is 0 Å². The Hall–Kier alpha value is -2.06. The first-order valence-electron chi connectivity index (χ1n) is 7.50. The van der Waals surface area contributed by atoms with Crippen LogP contribution in [0.15, 0.2) is 51.7 Å². The molecule has 3 rings (SSSR count). The van der Waals surface area contributed by atoms with Crippen molar-refractivity contribution in [3.63, 3.8) is 0 Å². The van der Waals surface area contributed by atoms with Gasteiger partial charge in [0, 0.05) is 10.7 Å². The maximum Gasteiger partial charge on any atom is 0.327 e. The van der Waals surface area contributed by atoms with Gasteiger partial charge in [-0.15, -0.1) is 0 Å². The lowest BCUT2D eigenvalue weighted by molar-refractivity contribution is 0.414. The summed E-state index contributed by atoms with van der Waals surface area (Å²) in [6.07, 6.45) is 1.17. The highest BCUT2D eigenvalue weighted by atomic mass is 79.9. The van der Waals surface area contributed by atoms with Crippen LogP contribution >= 0.6 is 15.9 Å². The molecule has 2 aromatic carbocycles. The van der Waals surface area contributed by atoms with E-state index in [0.717, 1.165) is 10.0 Å². The molecule has 0 saturated heterocycles. The number of benzene rings is 2. The van der Waals surface area contributed by atoms with Crippen LogP contribution in [0.2, 0.25) is 0 Å². The quantitative estimate of drug-likeness (QED) is 0.682. The predicted octanol–water partition coefficient (Wildman–Crippen LogP) is 2.73. The van der Waals surface area contributed by atoms with Gasteiger partial charge in [-0.25, -0.2) is 13.2 Å². The highest BCUT2D eigenvalue weighted by Crippen LogP contribution is 2.26. The van der Waals surface area contributed by atoms with Gasteiger partial charge in [0.25, 0.3) is 0 Å². The largest absolute Gasteiger partial charge is 0.497 e. The van der Waals surface area contributed by atoms with Gasteiger partial charge in [-0.1, -0.05) is 28.1 Å². The Bertz CT molecular complexity index is 1070. The minimum absolute atomic E-state index is 0.178. The third-order valence-corrected chi connectivity index (χ3v) is 5.37. The third-order valence-electron chi connectivity index (χ3n) is 3.95. The number of methoxy groups -OCH3 is 1. The average molecular weight is 425 g/mol. The van der Waals surface area contributed by atoms with Crippen LogP contribution in [0.3, 0.4) is 0 Å². The second-order valence-corrected chi connectivity index (χ2v) is 8.94. The highest BCUT2D eigenvalue weighted by molar-refractivity contribution is 9.10. The lowest BCUT2D eigenvalue weighted by Crippen LogP contribution is -2.28. The molecular weight excluding hydrogens is 408 g/mol. The molecule has 1 atom stereocenters. The van der Waals surface area contributed by atoms with E-state index in [4.69, 9.17) is 4.74 Å². The number of fused-ring (bicyclic) bond motifs is 1. The molecule has 0 aliphatic heterocycles. The van der Waals surface area contributed by atoms with E-state index < -0.39 is 15.9 Å². The number of ether oxygens (including phenoxy) is 1. The Kier molecular flexibility index (Phi) is 4.75. The summed E-state index contributed by atoms with van der Waals surface area (Å²) in [5.41, 5.74) is 1.67. The van der Waals surface area contributed by atoms with Crippen molar-refractivity contribution in [3.05, 3.63) is 63.0 Å². The Morgan fingerprint density at radius 2 is 1.88 bits per heavy atom. The minimum Gasteiger partial charge on any atom is -0.497 e. The van der Waals surface area contributed by atoms with Crippen molar-refractivity contribution < 1.29 is 13.2 Å². The molecule has 25 heavy (non-hydrogen) atoms. The van der Waals surface area contributed by atoms with Gasteiger partial charge in [0.15, 0.2) is 0 Å². The molecule has 0 aliphatic rings. The summed E-state index contributed by atoms with van der Waals surface area (Å²) < 4.78 is 31.4. The number of H-pyrrole nitrogens is 1. The zero-order valence-corrected chi connectivity index (χ0v) is 16.1. The van der Waals surface area contributed by atoms with E-state index in [-0.39, 0.29) is 11.4 Å². The molecule has 0 aliphatic carbocycles. The summed E-state index contributed by atoms with van der Waals surface area (Å²) in [6.45, 7) is 0. The summed E-state index contributed by atoms with van der Waals surface area (Å²) in [6, 6.07) is 11.8. The fraction of sp³-hybridized carbons (Fsp3) is 0.235. The molecule has 8 heteroatoms. The minimum atomic E-state index is -3.32. The highest BCUT2D eigenvalue weighted by Gasteiger charge is 2.23. The van der Waals surface area contributed by atoms with Crippen LogP contribution in [-0.4, -0.2) is 37.1 Å². The Morgan fingerprint density at radius 1 is 1.20 bits per heavy atom.